The molecule has 5 rings (SSSR count). The van der Waals surface area contributed by atoms with Crippen LogP contribution in [0.1, 0.15) is 18.2 Å². The third-order valence-electron chi connectivity index (χ3n) is 5.92. The van der Waals surface area contributed by atoms with Crippen molar-refractivity contribution in [3.63, 3.8) is 0 Å². The van der Waals surface area contributed by atoms with E-state index >= 15 is 0 Å². The van der Waals surface area contributed by atoms with Gasteiger partial charge in [-0.3, -0.25) is 14.5 Å². The molecule has 0 aliphatic heterocycles. The molecule has 11 heteroatoms. The summed E-state index contributed by atoms with van der Waals surface area (Å²) in [6.07, 6.45) is 7.18. The van der Waals surface area contributed by atoms with Gasteiger partial charge in [0.05, 0.1) is 55.6 Å². The van der Waals surface area contributed by atoms with Crippen molar-refractivity contribution in [1.29, 1.82) is 0 Å². The topological polar surface area (TPSA) is 113 Å². The normalized spacial score (nSPS) is 11.1. The average molecular weight is 513 g/mol. The van der Waals surface area contributed by atoms with Crippen LogP contribution >= 0.6 is 0 Å². The molecule has 0 amide bonds. The Morgan fingerprint density at radius 3 is 2.68 bits per heavy atom. The van der Waals surface area contributed by atoms with E-state index in [1.165, 1.54) is 4.68 Å². The number of carbonyl (C=O) groups is 1. The Kier molecular flexibility index (Phi) is 6.98. The first-order chi connectivity index (χ1) is 18.4. The number of rotatable bonds is 9. The zero-order chi connectivity index (χ0) is 26.6. The summed E-state index contributed by atoms with van der Waals surface area (Å²) in [7, 11) is 3.52. The average Bonchev–Trinajstić information content (AvgIpc) is 3.54. The number of anilines is 2. The van der Waals surface area contributed by atoms with E-state index in [-0.39, 0.29) is 12.5 Å². The molecule has 5 aromatic rings. The fraction of sp³-hybridized carbons (Fsp3) is 0.259. The molecule has 2 aromatic carbocycles. The van der Waals surface area contributed by atoms with Crippen molar-refractivity contribution in [2.75, 3.05) is 18.6 Å². The van der Waals surface area contributed by atoms with Crippen LogP contribution in [0.4, 0.5) is 11.4 Å². The van der Waals surface area contributed by atoms with E-state index in [1.807, 2.05) is 50.5 Å². The predicted molar refractivity (Wildman–Crippen MR) is 142 cm³/mol. The molecule has 194 valence electrons. The van der Waals surface area contributed by atoms with Gasteiger partial charge in [-0.25, -0.2) is 9.67 Å². The van der Waals surface area contributed by atoms with Gasteiger partial charge in [0, 0.05) is 36.2 Å². The first-order valence-corrected chi connectivity index (χ1v) is 12.2. The number of hydrogen-bond donors (Lipinski definition) is 0. The van der Waals surface area contributed by atoms with Crippen molar-refractivity contribution < 1.29 is 14.3 Å². The maximum atomic E-state index is 11.9. The van der Waals surface area contributed by atoms with Gasteiger partial charge in [0.15, 0.2) is 0 Å². The SMILES string of the molecule is CCOC(=O)Cn1cc(CN(c2cc(C)cc(OC)c2)c2ccc3ncc(-c4cnn(C)c4)nc3c2)nn1. The molecule has 0 spiro atoms. The van der Waals surface area contributed by atoms with Crippen molar-refractivity contribution in [2.45, 2.75) is 26.9 Å². The number of benzene rings is 2. The lowest BCUT2D eigenvalue weighted by Crippen LogP contribution is -2.17. The second-order valence-corrected chi connectivity index (χ2v) is 8.84. The highest BCUT2D eigenvalue weighted by Gasteiger charge is 2.17. The summed E-state index contributed by atoms with van der Waals surface area (Å²) in [4.78, 5) is 23.5. The summed E-state index contributed by atoms with van der Waals surface area (Å²) >= 11 is 0. The molecule has 0 radical (unpaired) electrons. The fourth-order valence-electron chi connectivity index (χ4n) is 4.18. The molecular weight excluding hydrogens is 484 g/mol. The maximum absolute atomic E-state index is 11.9. The molecule has 0 bridgehead atoms. The summed E-state index contributed by atoms with van der Waals surface area (Å²) in [5.41, 5.74) is 6.71. The highest BCUT2D eigenvalue weighted by molar-refractivity contribution is 5.82. The molecule has 0 unspecified atom stereocenters. The number of nitrogens with zero attached hydrogens (tertiary/aromatic N) is 8. The van der Waals surface area contributed by atoms with Crippen molar-refractivity contribution >= 4 is 28.4 Å². The van der Waals surface area contributed by atoms with Gasteiger partial charge in [0.25, 0.3) is 0 Å². The van der Waals surface area contributed by atoms with Gasteiger partial charge >= 0.3 is 5.97 Å². The predicted octanol–water partition coefficient (Wildman–Crippen LogP) is 3.84. The number of fused-ring (bicyclic) bond motifs is 1. The second-order valence-electron chi connectivity index (χ2n) is 8.84. The number of methoxy groups -OCH3 is 1. The molecule has 38 heavy (non-hydrogen) atoms. The summed E-state index contributed by atoms with van der Waals surface area (Å²) in [5.74, 6) is 0.386. The molecule has 0 N–H and O–H groups in total. The van der Waals surface area contributed by atoms with Crippen LogP contribution in [0.15, 0.2) is 61.2 Å². The Balaban J connectivity index is 1.53. The Labute approximate surface area is 219 Å². The van der Waals surface area contributed by atoms with E-state index in [0.29, 0.717) is 18.8 Å². The van der Waals surface area contributed by atoms with Gasteiger partial charge in [0.1, 0.15) is 18.0 Å². The van der Waals surface area contributed by atoms with Crippen molar-refractivity contribution in [3.8, 4) is 17.0 Å². The van der Waals surface area contributed by atoms with Crippen LogP contribution in [0.2, 0.25) is 0 Å². The Morgan fingerprint density at radius 1 is 1.05 bits per heavy atom. The molecule has 0 atom stereocenters. The molecular formula is C27H28N8O3. The van der Waals surface area contributed by atoms with Crippen LogP contribution in [0, 0.1) is 6.92 Å². The van der Waals surface area contributed by atoms with Gasteiger partial charge in [-0.05, 0) is 49.7 Å². The van der Waals surface area contributed by atoms with E-state index in [9.17, 15) is 4.79 Å². The van der Waals surface area contributed by atoms with E-state index in [4.69, 9.17) is 14.5 Å². The van der Waals surface area contributed by atoms with E-state index in [1.54, 1.807) is 37.3 Å². The lowest BCUT2D eigenvalue weighted by atomic mass is 10.1. The first-order valence-electron chi connectivity index (χ1n) is 12.2. The van der Waals surface area contributed by atoms with Crippen LogP contribution < -0.4 is 9.64 Å². The largest absolute Gasteiger partial charge is 0.497 e. The molecule has 0 aliphatic carbocycles. The van der Waals surface area contributed by atoms with E-state index < -0.39 is 0 Å². The van der Waals surface area contributed by atoms with Gasteiger partial charge in [-0.15, -0.1) is 5.10 Å². The molecule has 0 aliphatic rings. The number of ether oxygens (including phenoxy) is 2. The van der Waals surface area contributed by atoms with Crippen LogP contribution in [-0.2, 0) is 29.7 Å². The zero-order valence-electron chi connectivity index (χ0n) is 21.7. The summed E-state index contributed by atoms with van der Waals surface area (Å²) < 4.78 is 13.8. The number of aromatic nitrogens is 7. The summed E-state index contributed by atoms with van der Waals surface area (Å²) in [5, 5.41) is 12.7. The molecule has 0 fully saturated rings. The summed E-state index contributed by atoms with van der Waals surface area (Å²) in [6, 6.07) is 12.0. The third kappa shape index (κ3) is 5.46. The fourth-order valence-corrected chi connectivity index (χ4v) is 4.18. The minimum atomic E-state index is -0.359. The highest BCUT2D eigenvalue weighted by atomic mass is 16.5. The van der Waals surface area contributed by atoms with E-state index in [0.717, 1.165) is 45.0 Å². The van der Waals surface area contributed by atoms with Crippen LogP contribution in [-0.4, -0.2) is 54.4 Å². The first kappa shape index (κ1) is 24.9. The minimum absolute atomic E-state index is 0.00178. The zero-order valence-corrected chi connectivity index (χ0v) is 21.7. The molecule has 0 saturated carbocycles. The van der Waals surface area contributed by atoms with Gasteiger partial charge < -0.3 is 14.4 Å². The number of esters is 1. The van der Waals surface area contributed by atoms with Gasteiger partial charge in [-0.2, -0.15) is 5.10 Å². The van der Waals surface area contributed by atoms with Crippen LogP contribution in [0.5, 0.6) is 5.75 Å². The smallest absolute Gasteiger partial charge is 0.327 e. The third-order valence-corrected chi connectivity index (χ3v) is 5.92. The quantitative estimate of drug-likeness (QED) is 0.272. The number of hydrogen-bond acceptors (Lipinski definition) is 9. The van der Waals surface area contributed by atoms with Crippen molar-refractivity contribution in [2.24, 2.45) is 7.05 Å². The van der Waals surface area contributed by atoms with Crippen molar-refractivity contribution in [3.05, 3.63) is 72.4 Å². The highest BCUT2D eigenvalue weighted by Crippen LogP contribution is 2.33. The lowest BCUT2D eigenvalue weighted by Gasteiger charge is -2.25. The minimum Gasteiger partial charge on any atom is -0.497 e. The van der Waals surface area contributed by atoms with E-state index in [2.05, 4.69) is 31.4 Å². The molecule has 0 saturated heterocycles. The van der Waals surface area contributed by atoms with Crippen molar-refractivity contribution in [1.82, 2.24) is 34.7 Å². The Hall–Kier alpha value is -4.80. The lowest BCUT2D eigenvalue weighted by molar-refractivity contribution is -0.144. The summed E-state index contributed by atoms with van der Waals surface area (Å²) in [6.45, 7) is 4.51. The van der Waals surface area contributed by atoms with Crippen LogP contribution in [0.3, 0.4) is 0 Å². The monoisotopic (exact) mass is 512 g/mol. The van der Waals surface area contributed by atoms with Gasteiger partial charge in [-0.1, -0.05) is 5.21 Å². The Bertz CT molecular complexity index is 1590. The molecule has 11 nitrogen and oxygen atoms in total. The maximum Gasteiger partial charge on any atom is 0.327 e. The Morgan fingerprint density at radius 2 is 1.92 bits per heavy atom. The number of aryl methyl sites for hydroxylation is 2. The molecule has 3 aromatic heterocycles. The van der Waals surface area contributed by atoms with Gasteiger partial charge in [0.2, 0.25) is 0 Å². The molecule has 3 heterocycles. The number of carbonyl (C=O) groups excluding carboxylic acids is 1. The van der Waals surface area contributed by atoms with Crippen LogP contribution in [0.25, 0.3) is 22.3 Å². The second kappa shape index (κ2) is 10.7. The standard InChI is InChI=1S/C27H28N8O3/c1-5-38-27(36)17-34-15-20(31-32-34)16-35(22-8-18(2)9-23(10-22)37-4)21-6-7-24-25(11-21)30-26(13-28-24)19-12-29-33(3)14-19/h6-15H,5,16-17H2,1-4H3.